The van der Waals surface area contributed by atoms with E-state index >= 15 is 0 Å². The maximum absolute atomic E-state index is 12.6. The number of aromatic amines is 2. The lowest BCUT2D eigenvalue weighted by molar-refractivity contribution is -0.129. The monoisotopic (exact) mass is 376 g/mol. The Morgan fingerprint density at radius 2 is 2.00 bits per heavy atom. The van der Waals surface area contributed by atoms with E-state index in [1.54, 1.807) is 6.20 Å². The van der Waals surface area contributed by atoms with Gasteiger partial charge in [-0.25, -0.2) is 0 Å². The molecule has 0 aliphatic carbocycles. The van der Waals surface area contributed by atoms with Crippen molar-refractivity contribution < 1.29 is 4.79 Å². The van der Waals surface area contributed by atoms with Gasteiger partial charge >= 0.3 is 0 Å². The minimum absolute atomic E-state index is 0. The van der Waals surface area contributed by atoms with E-state index in [1.807, 2.05) is 4.90 Å². The third-order valence-electron chi connectivity index (χ3n) is 5.82. The van der Waals surface area contributed by atoms with E-state index in [2.05, 4.69) is 53.3 Å². The first-order valence-electron chi connectivity index (χ1n) is 8.83. The molecule has 2 aliphatic rings. The number of nitrogens with one attached hydrogen (secondary N) is 2. The molecule has 3 atom stereocenters. The van der Waals surface area contributed by atoms with Crippen LogP contribution in [-0.4, -0.2) is 52.6 Å². The smallest absolute Gasteiger partial charge is 0.267 e. The van der Waals surface area contributed by atoms with Crippen LogP contribution in [0.15, 0.2) is 35.3 Å². The van der Waals surface area contributed by atoms with Crippen molar-refractivity contribution in [2.75, 3.05) is 26.7 Å². The second kappa shape index (κ2) is 7.29. The highest BCUT2D eigenvalue weighted by Crippen LogP contribution is 2.44. The Kier molecular flexibility index (Phi) is 5.25. The molecule has 0 saturated carbocycles. The fraction of sp³-hybridized carbons (Fsp3) is 0.474. The molecular weight excluding hydrogens is 352 g/mol. The summed E-state index contributed by atoms with van der Waals surface area (Å²) in [7, 11) is 2.18. The molecule has 2 saturated heterocycles. The number of amides is 1. The van der Waals surface area contributed by atoms with Crippen LogP contribution in [0.5, 0.6) is 0 Å². The number of benzene rings is 1. The van der Waals surface area contributed by atoms with Crippen LogP contribution in [0, 0.1) is 18.8 Å². The van der Waals surface area contributed by atoms with Gasteiger partial charge in [-0.2, -0.15) is 0 Å². The molecule has 2 aliphatic heterocycles. The molecule has 0 radical (unpaired) electrons. The van der Waals surface area contributed by atoms with E-state index in [9.17, 15) is 9.59 Å². The molecular formula is C19H25ClN4O2. The van der Waals surface area contributed by atoms with Gasteiger partial charge in [-0.15, -0.1) is 12.4 Å². The van der Waals surface area contributed by atoms with Crippen LogP contribution in [0.25, 0.3) is 0 Å². The maximum atomic E-state index is 12.6. The molecule has 0 unspecified atom stereocenters. The second-order valence-electron chi connectivity index (χ2n) is 7.41. The number of rotatable bonds is 3. The maximum Gasteiger partial charge on any atom is 0.267 e. The third kappa shape index (κ3) is 3.19. The molecule has 4 rings (SSSR count). The van der Waals surface area contributed by atoms with E-state index in [1.165, 1.54) is 11.1 Å². The summed E-state index contributed by atoms with van der Waals surface area (Å²) in [6.45, 7) is 4.73. The summed E-state index contributed by atoms with van der Waals surface area (Å²) in [5.74, 6) is 1.01. The molecule has 2 aromatic rings. The number of aromatic nitrogens is 2. The zero-order chi connectivity index (χ0) is 17.6. The van der Waals surface area contributed by atoms with Crippen LogP contribution in [0.1, 0.15) is 22.7 Å². The van der Waals surface area contributed by atoms with E-state index in [0.717, 1.165) is 19.6 Å². The van der Waals surface area contributed by atoms with Crippen LogP contribution < -0.4 is 5.56 Å². The molecule has 1 aromatic carbocycles. The van der Waals surface area contributed by atoms with Crippen LogP contribution >= 0.6 is 12.4 Å². The average Bonchev–Trinajstić information content (AvgIpc) is 3.23. The van der Waals surface area contributed by atoms with Crippen LogP contribution in [0.4, 0.5) is 0 Å². The number of fused-ring (bicyclic) bond motifs is 1. The fourth-order valence-electron chi connectivity index (χ4n) is 4.59. The molecule has 6 nitrogen and oxygen atoms in total. The minimum Gasteiger partial charge on any atom is -0.342 e. The molecule has 2 N–H and O–H groups in total. The SMILES string of the molecule is Cc1ccccc1[C@H]1[C@@H]2CN(C(=O)Cc3c[nH][nH]c3=O)C[C@@H]2CN1C.Cl. The molecule has 140 valence electrons. The van der Waals surface area contributed by atoms with E-state index < -0.39 is 0 Å². The Morgan fingerprint density at radius 1 is 1.23 bits per heavy atom. The Hall–Kier alpha value is -2.05. The van der Waals surface area contributed by atoms with Gasteiger partial charge in [0.05, 0.1) is 6.42 Å². The van der Waals surface area contributed by atoms with Crippen molar-refractivity contribution in [3.05, 3.63) is 57.5 Å². The summed E-state index contributed by atoms with van der Waals surface area (Å²) in [4.78, 5) is 28.6. The van der Waals surface area contributed by atoms with Crippen LogP contribution in [0.2, 0.25) is 0 Å². The highest BCUT2D eigenvalue weighted by atomic mass is 35.5. The van der Waals surface area contributed by atoms with Crippen molar-refractivity contribution in [3.63, 3.8) is 0 Å². The van der Waals surface area contributed by atoms with Gasteiger partial charge in [0.2, 0.25) is 5.91 Å². The van der Waals surface area contributed by atoms with Gasteiger partial charge in [-0.1, -0.05) is 24.3 Å². The lowest BCUT2D eigenvalue weighted by Gasteiger charge is -2.28. The first-order valence-corrected chi connectivity index (χ1v) is 8.83. The van der Waals surface area contributed by atoms with Gasteiger partial charge in [-0.05, 0) is 31.0 Å². The van der Waals surface area contributed by atoms with Gasteiger partial charge in [0.15, 0.2) is 0 Å². The van der Waals surface area contributed by atoms with Gasteiger partial charge in [-0.3, -0.25) is 19.6 Å². The van der Waals surface area contributed by atoms with E-state index in [0.29, 0.717) is 23.4 Å². The van der Waals surface area contributed by atoms with Gasteiger partial charge in [0, 0.05) is 43.4 Å². The van der Waals surface area contributed by atoms with Crippen molar-refractivity contribution in [2.24, 2.45) is 11.8 Å². The molecule has 3 heterocycles. The minimum atomic E-state index is -0.203. The summed E-state index contributed by atoms with van der Waals surface area (Å²) in [6, 6.07) is 8.90. The molecule has 0 spiro atoms. The summed E-state index contributed by atoms with van der Waals surface area (Å²) in [5.41, 5.74) is 2.98. The first kappa shape index (κ1) is 18.7. The Labute approximate surface area is 159 Å². The number of carbonyl (C=O) groups excluding carboxylic acids is 1. The number of carbonyl (C=O) groups is 1. The molecule has 2 fully saturated rings. The molecule has 1 amide bonds. The Bertz CT molecular complexity index is 846. The molecule has 7 heteroatoms. The lowest BCUT2D eigenvalue weighted by Crippen LogP contribution is -2.35. The first-order chi connectivity index (χ1) is 12.0. The van der Waals surface area contributed by atoms with Crippen molar-refractivity contribution in [3.8, 4) is 0 Å². The second-order valence-corrected chi connectivity index (χ2v) is 7.41. The van der Waals surface area contributed by atoms with Crippen molar-refractivity contribution in [1.82, 2.24) is 20.0 Å². The molecule has 0 bridgehead atoms. The Balaban J connectivity index is 0.00000196. The number of nitrogens with zero attached hydrogens (tertiary/aromatic N) is 2. The topological polar surface area (TPSA) is 72.2 Å². The number of hydrogen-bond donors (Lipinski definition) is 2. The quantitative estimate of drug-likeness (QED) is 0.857. The van der Waals surface area contributed by atoms with Crippen molar-refractivity contribution in [2.45, 2.75) is 19.4 Å². The van der Waals surface area contributed by atoms with E-state index in [4.69, 9.17) is 0 Å². The molecule has 1 aromatic heterocycles. The normalized spacial score (nSPS) is 25.2. The van der Waals surface area contributed by atoms with Gasteiger partial charge in [0.25, 0.3) is 5.56 Å². The third-order valence-corrected chi connectivity index (χ3v) is 5.82. The summed E-state index contributed by atoms with van der Waals surface area (Å²) in [5, 5.41) is 5.15. The zero-order valence-electron chi connectivity index (χ0n) is 15.1. The van der Waals surface area contributed by atoms with Crippen LogP contribution in [0.3, 0.4) is 0 Å². The number of hydrogen-bond acceptors (Lipinski definition) is 3. The van der Waals surface area contributed by atoms with E-state index in [-0.39, 0.29) is 30.3 Å². The van der Waals surface area contributed by atoms with Crippen molar-refractivity contribution >= 4 is 18.3 Å². The zero-order valence-corrected chi connectivity index (χ0v) is 15.9. The summed E-state index contributed by atoms with van der Waals surface area (Å²) >= 11 is 0. The molecule has 26 heavy (non-hydrogen) atoms. The standard InChI is InChI=1S/C19H24N4O2.ClH/c1-12-5-3-4-6-15(12)18-16-11-23(10-14(16)9-22(18)2)17(24)7-13-8-20-21-19(13)25;/h3-6,8,14,16,18H,7,9-11H2,1-2H3,(H2,20,21,25);1H/t14-,16+,18-;/m0./s1. The van der Waals surface area contributed by atoms with Crippen LogP contribution in [-0.2, 0) is 11.2 Å². The Morgan fingerprint density at radius 3 is 2.69 bits per heavy atom. The average molecular weight is 377 g/mol. The lowest BCUT2D eigenvalue weighted by atomic mass is 9.88. The number of halogens is 1. The van der Waals surface area contributed by atoms with Gasteiger partial charge < -0.3 is 10.00 Å². The largest absolute Gasteiger partial charge is 0.342 e. The summed E-state index contributed by atoms with van der Waals surface area (Å²) < 4.78 is 0. The number of H-pyrrole nitrogens is 2. The number of likely N-dealkylation sites (tertiary alicyclic amines) is 2. The number of aryl methyl sites for hydroxylation is 1. The highest BCUT2D eigenvalue weighted by molar-refractivity contribution is 5.85. The predicted octanol–water partition coefficient (Wildman–Crippen LogP) is 1.74. The van der Waals surface area contributed by atoms with Crippen molar-refractivity contribution in [1.29, 1.82) is 0 Å². The van der Waals surface area contributed by atoms with Gasteiger partial charge in [0.1, 0.15) is 0 Å². The summed E-state index contributed by atoms with van der Waals surface area (Å²) in [6.07, 6.45) is 1.75. The highest BCUT2D eigenvalue weighted by Gasteiger charge is 2.47. The fourth-order valence-corrected chi connectivity index (χ4v) is 4.59. The predicted molar refractivity (Wildman–Crippen MR) is 102 cm³/mol.